The summed E-state index contributed by atoms with van der Waals surface area (Å²) in [5.74, 6) is 0.514. The maximum atomic E-state index is 12.6. The van der Waals surface area contributed by atoms with Crippen LogP contribution in [-0.2, 0) is 0 Å². The average molecular weight is 310 g/mol. The molecule has 23 heavy (non-hydrogen) atoms. The molecular formula is C16H18N6O. The van der Waals surface area contributed by atoms with E-state index < -0.39 is 0 Å². The third-order valence-electron chi connectivity index (χ3n) is 4.18. The monoisotopic (exact) mass is 310 g/mol. The van der Waals surface area contributed by atoms with Crippen LogP contribution in [0.2, 0.25) is 0 Å². The number of hydrogen-bond donors (Lipinski definition) is 4. The first kappa shape index (κ1) is 14.0. The van der Waals surface area contributed by atoms with E-state index in [1.54, 1.807) is 6.20 Å². The van der Waals surface area contributed by atoms with E-state index in [0.29, 0.717) is 17.1 Å². The van der Waals surface area contributed by atoms with Crippen LogP contribution in [0.25, 0.3) is 22.6 Å². The van der Waals surface area contributed by atoms with Gasteiger partial charge in [0.25, 0.3) is 5.91 Å². The molecule has 3 heterocycles. The van der Waals surface area contributed by atoms with E-state index >= 15 is 0 Å². The van der Waals surface area contributed by atoms with Crippen LogP contribution in [0.4, 0.5) is 0 Å². The number of fused-ring (bicyclic) bond motifs is 1. The van der Waals surface area contributed by atoms with Crippen molar-refractivity contribution < 1.29 is 4.79 Å². The molecule has 7 heteroatoms. The lowest BCUT2D eigenvalue weighted by Crippen LogP contribution is -2.42. The van der Waals surface area contributed by atoms with Crippen molar-refractivity contribution in [3.05, 3.63) is 36.0 Å². The summed E-state index contributed by atoms with van der Waals surface area (Å²) in [6.45, 7) is 1.87. The second-order valence-corrected chi connectivity index (χ2v) is 5.76. The first-order valence-corrected chi connectivity index (χ1v) is 7.81. The Morgan fingerprint density at radius 1 is 1.22 bits per heavy atom. The minimum Gasteiger partial charge on any atom is -0.349 e. The molecule has 4 rings (SSSR count). The molecule has 0 aliphatic carbocycles. The normalized spacial score (nSPS) is 15.8. The van der Waals surface area contributed by atoms with E-state index in [1.165, 1.54) is 0 Å². The predicted molar refractivity (Wildman–Crippen MR) is 87.0 cm³/mol. The van der Waals surface area contributed by atoms with Crippen LogP contribution >= 0.6 is 0 Å². The number of benzene rings is 1. The van der Waals surface area contributed by atoms with Crippen molar-refractivity contribution in [1.82, 2.24) is 30.8 Å². The van der Waals surface area contributed by atoms with Crippen molar-refractivity contribution in [3.63, 3.8) is 0 Å². The van der Waals surface area contributed by atoms with E-state index in [-0.39, 0.29) is 11.9 Å². The van der Waals surface area contributed by atoms with Gasteiger partial charge in [-0.2, -0.15) is 5.10 Å². The van der Waals surface area contributed by atoms with Crippen LogP contribution in [0, 0.1) is 0 Å². The molecule has 118 valence electrons. The highest BCUT2D eigenvalue weighted by molar-refractivity contribution is 5.99. The number of rotatable bonds is 3. The standard InChI is InChI=1S/C16H18N6O/c23-16(19-10-5-7-17-8-6-10)11-9-18-22-14(11)15-20-12-3-1-2-4-13(12)21-15/h1-4,9-10,17H,5-8H2,(H,18,22)(H,19,23)(H,20,21). The van der Waals surface area contributed by atoms with Crippen LogP contribution in [0.1, 0.15) is 23.2 Å². The predicted octanol–water partition coefficient (Wildman–Crippen LogP) is 1.43. The number of aromatic amines is 2. The molecule has 0 spiro atoms. The van der Waals surface area contributed by atoms with Crippen molar-refractivity contribution in [1.29, 1.82) is 0 Å². The van der Waals surface area contributed by atoms with E-state index in [9.17, 15) is 4.79 Å². The van der Waals surface area contributed by atoms with Crippen LogP contribution in [0.3, 0.4) is 0 Å². The molecule has 1 aliphatic heterocycles. The topological polar surface area (TPSA) is 98.5 Å². The van der Waals surface area contributed by atoms with Gasteiger partial charge in [-0.15, -0.1) is 0 Å². The van der Waals surface area contributed by atoms with Crippen molar-refractivity contribution in [2.24, 2.45) is 0 Å². The molecule has 1 aromatic carbocycles. The third-order valence-corrected chi connectivity index (χ3v) is 4.18. The fraction of sp³-hybridized carbons (Fsp3) is 0.312. The van der Waals surface area contributed by atoms with Crippen LogP contribution in [-0.4, -0.2) is 45.2 Å². The summed E-state index contributed by atoms with van der Waals surface area (Å²) >= 11 is 0. The fourth-order valence-electron chi connectivity index (χ4n) is 2.94. The molecule has 0 saturated carbocycles. The van der Waals surface area contributed by atoms with Gasteiger partial charge in [0, 0.05) is 6.04 Å². The zero-order valence-corrected chi connectivity index (χ0v) is 12.6. The molecule has 3 aromatic rings. The molecular weight excluding hydrogens is 292 g/mol. The zero-order chi connectivity index (χ0) is 15.6. The quantitative estimate of drug-likeness (QED) is 0.588. The number of amides is 1. The Hall–Kier alpha value is -2.67. The highest BCUT2D eigenvalue weighted by atomic mass is 16.1. The Balaban J connectivity index is 1.61. The summed E-state index contributed by atoms with van der Waals surface area (Å²) in [4.78, 5) is 20.3. The second kappa shape index (κ2) is 5.85. The number of hydrogen-bond acceptors (Lipinski definition) is 4. The SMILES string of the molecule is O=C(NC1CCNCC1)c1cn[nH]c1-c1nc2ccccc2[nH]1. The molecule has 2 aromatic heterocycles. The molecule has 7 nitrogen and oxygen atoms in total. The average Bonchev–Trinajstić information content (AvgIpc) is 3.22. The highest BCUT2D eigenvalue weighted by Gasteiger charge is 2.21. The van der Waals surface area contributed by atoms with Crippen molar-refractivity contribution >= 4 is 16.9 Å². The minimum atomic E-state index is -0.110. The van der Waals surface area contributed by atoms with Gasteiger partial charge >= 0.3 is 0 Å². The summed E-state index contributed by atoms with van der Waals surface area (Å²) in [7, 11) is 0. The molecule has 0 bridgehead atoms. The lowest BCUT2D eigenvalue weighted by Gasteiger charge is -2.23. The van der Waals surface area contributed by atoms with Gasteiger partial charge in [0.2, 0.25) is 0 Å². The number of nitrogens with one attached hydrogen (secondary N) is 4. The second-order valence-electron chi connectivity index (χ2n) is 5.76. The summed E-state index contributed by atoms with van der Waals surface area (Å²) in [5, 5.41) is 13.3. The number of nitrogens with zero attached hydrogens (tertiary/aromatic N) is 2. The highest BCUT2D eigenvalue weighted by Crippen LogP contribution is 2.22. The number of piperidine rings is 1. The Morgan fingerprint density at radius 3 is 2.87 bits per heavy atom. The molecule has 1 amide bonds. The van der Waals surface area contributed by atoms with Crippen LogP contribution in [0.5, 0.6) is 0 Å². The van der Waals surface area contributed by atoms with Gasteiger partial charge < -0.3 is 15.6 Å². The van der Waals surface area contributed by atoms with Crippen LogP contribution in [0.15, 0.2) is 30.5 Å². The molecule has 0 unspecified atom stereocenters. The number of aromatic nitrogens is 4. The number of H-pyrrole nitrogens is 2. The fourth-order valence-corrected chi connectivity index (χ4v) is 2.94. The van der Waals surface area contributed by atoms with Gasteiger partial charge in [0.05, 0.1) is 22.8 Å². The Bertz CT molecular complexity index is 797. The molecule has 1 fully saturated rings. The van der Waals surface area contributed by atoms with E-state index in [1.807, 2.05) is 24.3 Å². The largest absolute Gasteiger partial charge is 0.349 e. The number of para-hydroxylation sites is 2. The molecule has 0 atom stereocenters. The zero-order valence-electron chi connectivity index (χ0n) is 12.6. The maximum Gasteiger partial charge on any atom is 0.255 e. The lowest BCUT2D eigenvalue weighted by atomic mass is 10.1. The smallest absolute Gasteiger partial charge is 0.255 e. The minimum absolute atomic E-state index is 0.110. The first-order chi connectivity index (χ1) is 11.3. The lowest BCUT2D eigenvalue weighted by molar-refractivity contribution is 0.0930. The molecule has 1 saturated heterocycles. The van der Waals surface area contributed by atoms with Crippen molar-refractivity contribution in [2.45, 2.75) is 18.9 Å². The van der Waals surface area contributed by atoms with Gasteiger partial charge in [-0.05, 0) is 38.1 Å². The van der Waals surface area contributed by atoms with Crippen molar-refractivity contribution in [2.75, 3.05) is 13.1 Å². The summed E-state index contributed by atoms with van der Waals surface area (Å²) in [5.41, 5.74) is 2.93. The Labute approximate surface area is 132 Å². The van der Waals surface area contributed by atoms with E-state index in [0.717, 1.165) is 37.0 Å². The molecule has 1 aliphatic rings. The van der Waals surface area contributed by atoms with Crippen LogP contribution < -0.4 is 10.6 Å². The number of imidazole rings is 1. The molecule has 4 N–H and O–H groups in total. The van der Waals surface area contributed by atoms with Gasteiger partial charge in [0.15, 0.2) is 5.82 Å². The first-order valence-electron chi connectivity index (χ1n) is 7.81. The van der Waals surface area contributed by atoms with Gasteiger partial charge in [-0.3, -0.25) is 9.89 Å². The van der Waals surface area contributed by atoms with E-state index in [2.05, 4.69) is 30.8 Å². The van der Waals surface area contributed by atoms with E-state index in [4.69, 9.17) is 0 Å². The Morgan fingerprint density at radius 2 is 2.04 bits per heavy atom. The number of carbonyl (C=O) groups is 1. The summed E-state index contributed by atoms with van der Waals surface area (Å²) in [6.07, 6.45) is 3.45. The molecule has 0 radical (unpaired) electrons. The maximum absolute atomic E-state index is 12.6. The van der Waals surface area contributed by atoms with Gasteiger partial charge in [-0.1, -0.05) is 12.1 Å². The number of carbonyl (C=O) groups excluding carboxylic acids is 1. The summed E-state index contributed by atoms with van der Waals surface area (Å²) in [6, 6.07) is 7.98. The van der Waals surface area contributed by atoms with Crippen molar-refractivity contribution in [3.8, 4) is 11.5 Å². The van der Waals surface area contributed by atoms with Gasteiger partial charge in [0.1, 0.15) is 5.69 Å². The third kappa shape index (κ3) is 2.70. The summed E-state index contributed by atoms with van der Waals surface area (Å²) < 4.78 is 0. The van der Waals surface area contributed by atoms with Gasteiger partial charge in [-0.25, -0.2) is 4.98 Å². The Kier molecular flexibility index (Phi) is 3.55.